The number of aliphatic imine (C=N–C) groups is 1. The largest absolute Gasteiger partial charge is 0.402 e. The molecule has 196 valence electrons. The van der Waals surface area contributed by atoms with Gasteiger partial charge in [0.05, 0.1) is 25.0 Å². The lowest BCUT2D eigenvalue weighted by Crippen LogP contribution is -2.43. The van der Waals surface area contributed by atoms with E-state index in [1.165, 1.54) is 0 Å². The molecule has 3 aliphatic rings. The highest BCUT2D eigenvalue weighted by Gasteiger charge is 2.33. The maximum Gasteiger partial charge on any atom is 0.317 e. The van der Waals surface area contributed by atoms with Crippen LogP contribution in [0, 0.1) is 0 Å². The molecule has 4 heterocycles. The summed E-state index contributed by atoms with van der Waals surface area (Å²) in [7, 11) is 0. The number of hydrogen-bond acceptors (Lipinski definition) is 10. The maximum atomic E-state index is 13.5. The monoisotopic (exact) mass is 539 g/mol. The van der Waals surface area contributed by atoms with Crippen molar-refractivity contribution in [3.63, 3.8) is 0 Å². The zero-order valence-electron chi connectivity index (χ0n) is 20.0. The molecule has 0 spiro atoms. The fraction of sp³-hybridized carbons (Fsp3) is 0.320. The van der Waals surface area contributed by atoms with E-state index in [0.29, 0.717) is 43.4 Å². The Morgan fingerprint density at radius 2 is 1.97 bits per heavy atom. The van der Waals surface area contributed by atoms with Gasteiger partial charge in [0, 0.05) is 24.2 Å². The Labute approximate surface area is 220 Å². The Balaban J connectivity index is 1.32. The number of ether oxygens (including phenoxy) is 1. The molecule has 38 heavy (non-hydrogen) atoms. The van der Waals surface area contributed by atoms with Crippen LogP contribution in [0.5, 0.6) is 0 Å². The van der Waals surface area contributed by atoms with E-state index < -0.39 is 12.6 Å². The summed E-state index contributed by atoms with van der Waals surface area (Å²) in [6.07, 6.45) is 2.73. The topological polar surface area (TPSA) is 118 Å². The lowest BCUT2D eigenvalue weighted by molar-refractivity contribution is -0.122. The fourth-order valence-corrected chi connectivity index (χ4v) is 5.46. The number of carbonyl (C=O) groups is 1. The van der Waals surface area contributed by atoms with Crippen molar-refractivity contribution in [2.75, 3.05) is 36.5 Å². The smallest absolute Gasteiger partial charge is 0.317 e. The van der Waals surface area contributed by atoms with Crippen LogP contribution in [0.1, 0.15) is 23.4 Å². The highest BCUT2D eigenvalue weighted by atomic mass is 32.1. The number of benzene rings is 1. The van der Waals surface area contributed by atoms with Gasteiger partial charge in [0.15, 0.2) is 10.7 Å². The Morgan fingerprint density at radius 3 is 2.76 bits per heavy atom. The Morgan fingerprint density at radius 1 is 1.16 bits per heavy atom. The van der Waals surface area contributed by atoms with Crippen molar-refractivity contribution in [1.82, 2.24) is 20.5 Å². The van der Waals surface area contributed by atoms with Gasteiger partial charge >= 0.3 is 6.01 Å². The van der Waals surface area contributed by atoms with Gasteiger partial charge in [0.2, 0.25) is 6.17 Å². The third-order valence-corrected chi connectivity index (χ3v) is 7.42. The van der Waals surface area contributed by atoms with Crippen molar-refractivity contribution in [1.29, 1.82) is 0 Å². The molecule has 3 aromatic rings. The first kappa shape index (κ1) is 24.4. The molecule has 0 saturated carbocycles. The molecule has 2 aliphatic heterocycles. The molecule has 0 radical (unpaired) electrons. The van der Waals surface area contributed by atoms with Crippen molar-refractivity contribution in [3.8, 4) is 11.6 Å². The van der Waals surface area contributed by atoms with Gasteiger partial charge < -0.3 is 24.7 Å². The van der Waals surface area contributed by atoms with E-state index in [4.69, 9.17) is 14.1 Å². The SMILES string of the molecule is O=C1NC2CC=CC=C2C(c2ccccc2)=N[C@@H]1Nc1nnc(-c2nc(C(F)F)sc2N2CCOCC2)o1. The van der Waals surface area contributed by atoms with Gasteiger partial charge in [0.25, 0.3) is 18.2 Å². The average molecular weight is 540 g/mol. The van der Waals surface area contributed by atoms with E-state index in [2.05, 4.69) is 25.8 Å². The van der Waals surface area contributed by atoms with Gasteiger partial charge in [-0.3, -0.25) is 4.79 Å². The van der Waals surface area contributed by atoms with Crippen LogP contribution >= 0.6 is 11.3 Å². The van der Waals surface area contributed by atoms with E-state index in [1.54, 1.807) is 0 Å². The van der Waals surface area contributed by atoms with Gasteiger partial charge in [-0.2, -0.15) is 0 Å². The van der Waals surface area contributed by atoms with Crippen molar-refractivity contribution in [2.45, 2.75) is 25.1 Å². The second kappa shape index (κ2) is 10.4. The van der Waals surface area contributed by atoms with Crippen LogP contribution in [0.3, 0.4) is 0 Å². The standard InChI is InChI=1S/C25H23F2N7O3S/c26-19(27)23-30-18(24(38-23)34-10-12-36-13-11-34)22-32-33-25(37-22)31-20-21(35)28-16-9-5-4-8-15(16)17(29-20)14-6-2-1-3-7-14/h1-8,16,19-20H,9-13H2,(H,28,35)(H,31,33)/t16?,20-/m1/s1. The molecule has 1 saturated heterocycles. The average Bonchev–Trinajstić information content (AvgIpc) is 3.57. The quantitative estimate of drug-likeness (QED) is 0.488. The van der Waals surface area contributed by atoms with Crippen molar-refractivity contribution in [3.05, 3.63) is 64.7 Å². The first-order valence-electron chi connectivity index (χ1n) is 12.1. The first-order valence-corrected chi connectivity index (χ1v) is 12.9. The van der Waals surface area contributed by atoms with Crippen LogP contribution in [0.4, 0.5) is 19.8 Å². The minimum absolute atomic E-state index is 0.0287. The number of fused-ring (bicyclic) bond motifs is 1. The molecule has 6 rings (SSSR count). The van der Waals surface area contributed by atoms with Gasteiger partial charge in [0.1, 0.15) is 5.00 Å². The Hall–Kier alpha value is -3.97. The first-order chi connectivity index (χ1) is 18.6. The summed E-state index contributed by atoms with van der Waals surface area (Å²) in [5.74, 6) is -0.386. The van der Waals surface area contributed by atoms with E-state index >= 15 is 0 Å². The van der Waals surface area contributed by atoms with E-state index in [1.807, 2.05) is 53.5 Å². The van der Waals surface area contributed by atoms with Crippen molar-refractivity contribution >= 4 is 34.0 Å². The zero-order chi connectivity index (χ0) is 26.1. The number of amides is 1. The number of morpholine rings is 1. The highest BCUT2D eigenvalue weighted by molar-refractivity contribution is 7.16. The molecular formula is C25H23F2N7O3S. The number of hydrogen-bond donors (Lipinski definition) is 2. The molecule has 1 aromatic carbocycles. The number of halogens is 2. The number of thiazole rings is 1. The van der Waals surface area contributed by atoms with Crippen LogP contribution < -0.4 is 15.5 Å². The summed E-state index contributed by atoms with van der Waals surface area (Å²) >= 11 is 0.889. The summed E-state index contributed by atoms with van der Waals surface area (Å²) < 4.78 is 38.2. The number of rotatable bonds is 6. The van der Waals surface area contributed by atoms with Gasteiger partial charge in [-0.25, -0.2) is 18.8 Å². The third kappa shape index (κ3) is 4.82. The number of allylic oxidation sites excluding steroid dienone is 2. The van der Waals surface area contributed by atoms with Crippen LogP contribution in [0.2, 0.25) is 0 Å². The van der Waals surface area contributed by atoms with Crippen molar-refractivity contribution in [2.24, 2.45) is 4.99 Å². The Kier molecular flexibility index (Phi) is 6.68. The summed E-state index contributed by atoms with van der Waals surface area (Å²) in [6, 6.07) is 9.29. The maximum absolute atomic E-state index is 13.5. The highest BCUT2D eigenvalue weighted by Crippen LogP contribution is 2.39. The summed E-state index contributed by atoms with van der Waals surface area (Å²) in [4.78, 5) is 23.9. The lowest BCUT2D eigenvalue weighted by atomic mass is 9.91. The van der Waals surface area contributed by atoms with Crippen LogP contribution in [0.15, 0.2) is 63.5 Å². The summed E-state index contributed by atoms with van der Waals surface area (Å²) in [6.45, 7) is 2.01. The summed E-state index contributed by atoms with van der Waals surface area (Å²) in [5.41, 5.74) is 2.62. The third-order valence-electron chi connectivity index (χ3n) is 6.30. The number of alkyl halides is 2. The molecule has 1 amide bonds. The number of carbonyl (C=O) groups excluding carboxylic acids is 1. The minimum atomic E-state index is -2.73. The molecule has 1 fully saturated rings. The van der Waals surface area contributed by atoms with Crippen molar-refractivity contribution < 1.29 is 22.7 Å². The lowest BCUT2D eigenvalue weighted by Gasteiger charge is -2.27. The Bertz CT molecular complexity index is 1410. The summed E-state index contributed by atoms with van der Waals surface area (Å²) in [5, 5.41) is 14.2. The number of anilines is 2. The van der Waals surface area contributed by atoms with E-state index in [-0.39, 0.29) is 34.6 Å². The van der Waals surface area contributed by atoms with E-state index in [0.717, 1.165) is 22.5 Å². The van der Waals surface area contributed by atoms with Gasteiger partial charge in [-0.15, -0.1) is 5.10 Å². The molecule has 0 bridgehead atoms. The molecule has 2 N–H and O–H groups in total. The second-order valence-corrected chi connectivity index (χ2v) is 9.77. The van der Waals surface area contributed by atoms with Gasteiger partial charge in [-0.05, 0) is 6.42 Å². The molecular weight excluding hydrogens is 516 g/mol. The fourth-order valence-electron chi connectivity index (χ4n) is 4.49. The van der Waals surface area contributed by atoms with Crippen LogP contribution in [-0.2, 0) is 9.53 Å². The predicted octanol–water partition coefficient (Wildman–Crippen LogP) is 3.58. The zero-order valence-corrected chi connectivity index (χ0v) is 20.8. The molecule has 1 unspecified atom stereocenters. The number of nitrogens with one attached hydrogen (secondary N) is 2. The molecule has 13 heteroatoms. The number of aromatic nitrogens is 3. The predicted molar refractivity (Wildman–Crippen MR) is 138 cm³/mol. The molecule has 10 nitrogen and oxygen atoms in total. The molecule has 2 aromatic heterocycles. The van der Waals surface area contributed by atoms with Crippen LogP contribution in [0.25, 0.3) is 11.6 Å². The van der Waals surface area contributed by atoms with Gasteiger partial charge in [-0.1, -0.05) is 65.0 Å². The van der Waals surface area contributed by atoms with Crippen LogP contribution in [-0.4, -0.2) is 65.3 Å². The second-order valence-electron chi connectivity index (χ2n) is 8.76. The molecule has 2 atom stereocenters. The minimum Gasteiger partial charge on any atom is -0.402 e. The normalized spacial score (nSPS) is 21.4. The molecule has 1 aliphatic carbocycles. The van der Waals surface area contributed by atoms with E-state index in [9.17, 15) is 13.6 Å². The number of nitrogens with zero attached hydrogens (tertiary/aromatic N) is 5.